The number of unbranched alkanes of at least 4 members (excludes halogenated alkanes) is 2. The largest absolute Gasteiger partial charge is 0.379 e. The highest BCUT2D eigenvalue weighted by atomic mass is 16.5. The van der Waals surface area contributed by atoms with E-state index in [-0.39, 0.29) is 12.0 Å². The molecule has 3 nitrogen and oxygen atoms in total. The molecular formula is C12H25NO2. The summed E-state index contributed by atoms with van der Waals surface area (Å²) in [6.45, 7) is 7.64. The van der Waals surface area contributed by atoms with Gasteiger partial charge in [-0.25, -0.2) is 0 Å². The SMILES string of the molecule is CCCCCC(=O)NCCCOC(C)C. The van der Waals surface area contributed by atoms with Crippen LogP contribution in [0.3, 0.4) is 0 Å². The zero-order valence-electron chi connectivity index (χ0n) is 10.3. The third-order valence-corrected chi connectivity index (χ3v) is 2.10. The van der Waals surface area contributed by atoms with Gasteiger partial charge in [0, 0.05) is 19.6 Å². The van der Waals surface area contributed by atoms with Crippen molar-refractivity contribution in [3.05, 3.63) is 0 Å². The molecule has 1 amide bonds. The van der Waals surface area contributed by atoms with Crippen LogP contribution in [0.2, 0.25) is 0 Å². The van der Waals surface area contributed by atoms with Crippen molar-refractivity contribution in [3.8, 4) is 0 Å². The van der Waals surface area contributed by atoms with E-state index in [1.807, 2.05) is 13.8 Å². The first-order chi connectivity index (χ1) is 7.16. The topological polar surface area (TPSA) is 38.3 Å². The molecule has 0 saturated heterocycles. The standard InChI is InChI=1S/C12H25NO2/c1-4-5-6-8-12(14)13-9-7-10-15-11(2)3/h11H,4-10H2,1-3H3,(H,13,14). The van der Waals surface area contributed by atoms with Crippen molar-refractivity contribution in [2.24, 2.45) is 0 Å². The third-order valence-electron chi connectivity index (χ3n) is 2.10. The second kappa shape index (κ2) is 9.97. The smallest absolute Gasteiger partial charge is 0.219 e. The molecule has 0 bridgehead atoms. The Hall–Kier alpha value is -0.570. The lowest BCUT2D eigenvalue weighted by molar-refractivity contribution is -0.121. The van der Waals surface area contributed by atoms with Crippen LogP contribution in [-0.2, 0) is 9.53 Å². The van der Waals surface area contributed by atoms with Crippen molar-refractivity contribution in [2.75, 3.05) is 13.2 Å². The quantitative estimate of drug-likeness (QED) is 0.600. The van der Waals surface area contributed by atoms with Crippen LogP contribution in [0.1, 0.15) is 52.9 Å². The highest BCUT2D eigenvalue weighted by Crippen LogP contribution is 1.98. The van der Waals surface area contributed by atoms with Gasteiger partial charge in [0.05, 0.1) is 6.10 Å². The minimum Gasteiger partial charge on any atom is -0.379 e. The molecule has 3 heteroatoms. The molecule has 0 rings (SSSR count). The number of carbonyl (C=O) groups excluding carboxylic acids is 1. The molecule has 1 N–H and O–H groups in total. The molecule has 0 aliphatic carbocycles. The highest BCUT2D eigenvalue weighted by molar-refractivity contribution is 5.75. The maximum Gasteiger partial charge on any atom is 0.219 e. The van der Waals surface area contributed by atoms with Crippen LogP contribution in [0.4, 0.5) is 0 Å². The number of nitrogens with one attached hydrogen (secondary N) is 1. The minimum absolute atomic E-state index is 0.174. The Morgan fingerprint density at radius 1 is 1.27 bits per heavy atom. The number of hydrogen-bond donors (Lipinski definition) is 1. The molecule has 0 spiro atoms. The first kappa shape index (κ1) is 14.4. The molecule has 0 saturated carbocycles. The van der Waals surface area contributed by atoms with Crippen molar-refractivity contribution >= 4 is 5.91 Å². The summed E-state index contributed by atoms with van der Waals surface area (Å²) < 4.78 is 5.37. The van der Waals surface area contributed by atoms with E-state index >= 15 is 0 Å². The van der Waals surface area contributed by atoms with E-state index < -0.39 is 0 Å². The second-order valence-electron chi connectivity index (χ2n) is 4.08. The van der Waals surface area contributed by atoms with Gasteiger partial charge in [-0.2, -0.15) is 0 Å². The normalized spacial score (nSPS) is 10.7. The lowest BCUT2D eigenvalue weighted by Crippen LogP contribution is -2.25. The molecule has 0 unspecified atom stereocenters. The Morgan fingerprint density at radius 3 is 2.60 bits per heavy atom. The van der Waals surface area contributed by atoms with E-state index in [1.165, 1.54) is 0 Å². The van der Waals surface area contributed by atoms with Crippen LogP contribution in [0.5, 0.6) is 0 Å². The van der Waals surface area contributed by atoms with Gasteiger partial charge in [-0.3, -0.25) is 4.79 Å². The fourth-order valence-electron chi connectivity index (χ4n) is 1.24. The molecule has 0 atom stereocenters. The molecule has 0 aliphatic heterocycles. The van der Waals surface area contributed by atoms with Crippen LogP contribution in [0, 0.1) is 0 Å². The predicted molar refractivity (Wildman–Crippen MR) is 62.9 cm³/mol. The number of ether oxygens (including phenoxy) is 1. The van der Waals surface area contributed by atoms with Crippen molar-refractivity contribution < 1.29 is 9.53 Å². The number of hydrogen-bond acceptors (Lipinski definition) is 2. The van der Waals surface area contributed by atoms with E-state index in [1.54, 1.807) is 0 Å². The fourth-order valence-corrected chi connectivity index (χ4v) is 1.24. The van der Waals surface area contributed by atoms with E-state index in [0.29, 0.717) is 6.42 Å². The molecule has 0 heterocycles. The first-order valence-corrected chi connectivity index (χ1v) is 6.05. The van der Waals surface area contributed by atoms with Gasteiger partial charge in [0.15, 0.2) is 0 Å². The van der Waals surface area contributed by atoms with Crippen molar-refractivity contribution in [1.82, 2.24) is 5.32 Å². The molecule has 15 heavy (non-hydrogen) atoms. The highest BCUT2D eigenvalue weighted by Gasteiger charge is 1.99. The predicted octanol–water partition coefficient (Wildman–Crippen LogP) is 2.50. The lowest BCUT2D eigenvalue weighted by Gasteiger charge is -2.08. The molecule has 0 aromatic heterocycles. The Bertz CT molecular complexity index is 158. The maximum atomic E-state index is 11.3. The molecule has 0 fully saturated rings. The zero-order valence-corrected chi connectivity index (χ0v) is 10.3. The Balaban J connectivity index is 3.17. The van der Waals surface area contributed by atoms with E-state index in [2.05, 4.69) is 12.2 Å². The van der Waals surface area contributed by atoms with Crippen LogP contribution in [0.25, 0.3) is 0 Å². The van der Waals surface area contributed by atoms with Gasteiger partial charge in [0.25, 0.3) is 0 Å². The minimum atomic E-state index is 0.174. The van der Waals surface area contributed by atoms with Crippen LogP contribution < -0.4 is 5.32 Å². The number of carbonyl (C=O) groups is 1. The Morgan fingerprint density at radius 2 is 2.00 bits per heavy atom. The number of rotatable bonds is 9. The van der Waals surface area contributed by atoms with Crippen molar-refractivity contribution in [2.45, 2.75) is 59.0 Å². The summed E-state index contributed by atoms with van der Waals surface area (Å²) in [6.07, 6.45) is 5.16. The molecule has 0 radical (unpaired) electrons. The van der Waals surface area contributed by atoms with Gasteiger partial charge < -0.3 is 10.1 Å². The summed E-state index contributed by atoms with van der Waals surface area (Å²) in [5.74, 6) is 0.174. The monoisotopic (exact) mass is 215 g/mol. The van der Waals surface area contributed by atoms with Crippen molar-refractivity contribution in [3.63, 3.8) is 0 Å². The summed E-state index contributed by atoms with van der Waals surface area (Å²) in [4.78, 5) is 11.3. The first-order valence-electron chi connectivity index (χ1n) is 6.05. The van der Waals surface area contributed by atoms with Crippen LogP contribution in [-0.4, -0.2) is 25.2 Å². The Kier molecular flexibility index (Phi) is 9.59. The van der Waals surface area contributed by atoms with Gasteiger partial charge in [-0.15, -0.1) is 0 Å². The van der Waals surface area contributed by atoms with E-state index in [9.17, 15) is 4.79 Å². The maximum absolute atomic E-state index is 11.3. The van der Waals surface area contributed by atoms with Gasteiger partial charge in [-0.05, 0) is 26.7 Å². The van der Waals surface area contributed by atoms with Gasteiger partial charge >= 0.3 is 0 Å². The summed E-state index contributed by atoms with van der Waals surface area (Å²) in [7, 11) is 0. The van der Waals surface area contributed by atoms with Gasteiger partial charge in [-0.1, -0.05) is 19.8 Å². The zero-order chi connectivity index (χ0) is 11.5. The molecule has 0 aromatic rings. The molecule has 0 aromatic carbocycles. The fraction of sp³-hybridized carbons (Fsp3) is 0.917. The summed E-state index contributed by atoms with van der Waals surface area (Å²) in [6, 6.07) is 0. The van der Waals surface area contributed by atoms with Gasteiger partial charge in [0.2, 0.25) is 5.91 Å². The number of amides is 1. The average Bonchev–Trinajstić information content (AvgIpc) is 2.17. The van der Waals surface area contributed by atoms with Gasteiger partial charge in [0.1, 0.15) is 0 Å². The van der Waals surface area contributed by atoms with Crippen LogP contribution >= 0.6 is 0 Å². The molecular weight excluding hydrogens is 190 g/mol. The molecule has 0 aliphatic rings. The average molecular weight is 215 g/mol. The summed E-state index contributed by atoms with van der Waals surface area (Å²) in [5, 5.41) is 2.90. The van der Waals surface area contributed by atoms with Crippen molar-refractivity contribution in [1.29, 1.82) is 0 Å². The van der Waals surface area contributed by atoms with E-state index in [0.717, 1.165) is 38.8 Å². The molecule has 90 valence electrons. The third kappa shape index (κ3) is 11.4. The summed E-state index contributed by atoms with van der Waals surface area (Å²) >= 11 is 0. The lowest BCUT2D eigenvalue weighted by atomic mass is 10.2. The van der Waals surface area contributed by atoms with E-state index in [4.69, 9.17) is 4.74 Å². The Labute approximate surface area is 93.6 Å². The van der Waals surface area contributed by atoms with Crippen LogP contribution in [0.15, 0.2) is 0 Å². The summed E-state index contributed by atoms with van der Waals surface area (Å²) in [5.41, 5.74) is 0. The second-order valence-corrected chi connectivity index (χ2v) is 4.08.